The molecule has 0 aromatic rings. The maximum Gasteiger partial charge on any atom is 0.330 e. The van der Waals surface area contributed by atoms with Gasteiger partial charge in [0.2, 0.25) is 0 Å². The third kappa shape index (κ3) is 5.11. The number of carboxylic acids is 1. The van der Waals surface area contributed by atoms with Gasteiger partial charge in [-0.3, -0.25) is 0 Å². The summed E-state index contributed by atoms with van der Waals surface area (Å²) in [6, 6.07) is 0.923. The molecule has 0 rings (SSSR count). The predicted molar refractivity (Wildman–Crippen MR) is 83.6 cm³/mol. The van der Waals surface area contributed by atoms with Gasteiger partial charge in [0, 0.05) is 12.2 Å². The number of hydrogen-bond acceptors (Lipinski definition) is 3. The van der Waals surface area contributed by atoms with E-state index in [4.69, 9.17) is 9.84 Å². The Balaban J connectivity index is 4.65. The number of carbonyl (C=O) groups is 2. The molecule has 0 unspecified atom stereocenters. The van der Waals surface area contributed by atoms with E-state index >= 15 is 0 Å². The van der Waals surface area contributed by atoms with Crippen molar-refractivity contribution in [1.82, 2.24) is 0 Å². The van der Waals surface area contributed by atoms with Crippen molar-refractivity contribution in [2.75, 3.05) is 6.61 Å². The van der Waals surface area contributed by atoms with E-state index in [0.717, 1.165) is 18.2 Å². The molecule has 0 aromatic heterocycles. The fourth-order valence-corrected chi connectivity index (χ4v) is 9.57. The number of carbonyl (C=O) groups excluding carboxylic acids is 1. The molecule has 0 saturated heterocycles. The van der Waals surface area contributed by atoms with E-state index in [2.05, 4.69) is 41.5 Å². The van der Waals surface area contributed by atoms with Crippen molar-refractivity contribution in [3.63, 3.8) is 0 Å². The summed E-state index contributed by atoms with van der Waals surface area (Å²) in [4.78, 5) is 21.7. The molecular formula is C15H28O4Si. The molecule has 0 aliphatic rings. The molecule has 0 aromatic carbocycles. The van der Waals surface area contributed by atoms with Crippen LogP contribution in [0.25, 0.3) is 0 Å². The molecule has 0 fully saturated rings. The van der Waals surface area contributed by atoms with Gasteiger partial charge < -0.3 is 9.84 Å². The fraction of sp³-hybridized carbons (Fsp3) is 0.733. The zero-order valence-corrected chi connectivity index (χ0v) is 14.5. The normalized spacial score (nSPS) is 12.7. The van der Waals surface area contributed by atoms with E-state index in [1.165, 1.54) is 0 Å². The van der Waals surface area contributed by atoms with Crippen LogP contribution in [0.5, 0.6) is 0 Å². The zero-order valence-electron chi connectivity index (χ0n) is 13.5. The Bertz CT molecular complexity index is 337. The third-order valence-corrected chi connectivity index (χ3v) is 11.9. The minimum Gasteiger partial charge on any atom is -0.478 e. The van der Waals surface area contributed by atoms with Crippen molar-refractivity contribution >= 4 is 20.0 Å². The Labute approximate surface area is 123 Å². The Morgan fingerprint density at radius 1 is 1.00 bits per heavy atom. The minimum atomic E-state index is -1.56. The van der Waals surface area contributed by atoms with E-state index in [9.17, 15) is 9.59 Å². The molecule has 1 N–H and O–H groups in total. The minimum absolute atomic E-state index is 0.379. The molecule has 0 amide bonds. The van der Waals surface area contributed by atoms with Gasteiger partial charge in [-0.15, -0.1) is 0 Å². The first-order valence-corrected chi connectivity index (χ1v) is 9.66. The molecule has 0 spiro atoms. The molecule has 0 radical (unpaired) electrons. The number of ether oxygens (including phenoxy) is 1. The molecular weight excluding hydrogens is 272 g/mol. The summed E-state index contributed by atoms with van der Waals surface area (Å²) in [5.41, 5.74) is 1.86. The van der Waals surface area contributed by atoms with Crippen LogP contribution in [-0.4, -0.2) is 31.7 Å². The van der Waals surface area contributed by atoms with Gasteiger partial charge in [0.05, 0.1) is 14.7 Å². The predicted octanol–water partition coefficient (Wildman–Crippen LogP) is 3.85. The second-order valence-electron chi connectivity index (χ2n) is 6.17. The summed E-state index contributed by atoms with van der Waals surface area (Å²) in [5, 5.41) is 8.45. The summed E-state index contributed by atoms with van der Waals surface area (Å²) in [7, 11) is -1.56. The van der Waals surface area contributed by atoms with Gasteiger partial charge in [-0.25, -0.2) is 9.59 Å². The highest BCUT2D eigenvalue weighted by molar-refractivity contribution is 6.83. The van der Waals surface area contributed by atoms with Gasteiger partial charge in [0.1, 0.15) is 0 Å². The van der Waals surface area contributed by atoms with Crippen molar-refractivity contribution in [3.8, 4) is 0 Å². The molecule has 0 bridgehead atoms. The van der Waals surface area contributed by atoms with Crippen molar-refractivity contribution < 1.29 is 19.4 Å². The topological polar surface area (TPSA) is 63.6 Å². The standard InChI is InChI=1S/C15H28O4Si/c1-11(2)20(12(3)4,13(5)6)10-9-19-15(18)8-7-14(16)17/h7-8,11-13H,9-10H2,1-6H3,(H,16,17)/b8-7-. The van der Waals surface area contributed by atoms with Crippen LogP contribution >= 0.6 is 0 Å². The second kappa shape index (κ2) is 8.24. The SMILES string of the molecule is CC(C)[Si](CCOC(=O)/C=C\C(=O)O)(C(C)C)C(C)C. The van der Waals surface area contributed by atoms with Crippen LogP contribution in [0.4, 0.5) is 0 Å². The van der Waals surface area contributed by atoms with Gasteiger partial charge in [-0.2, -0.15) is 0 Å². The fourth-order valence-electron chi connectivity index (χ4n) is 3.38. The highest BCUT2D eigenvalue weighted by Gasteiger charge is 2.42. The number of esters is 1. The quantitative estimate of drug-likeness (QED) is 0.420. The number of aliphatic carboxylic acids is 1. The van der Waals surface area contributed by atoms with E-state index in [0.29, 0.717) is 23.2 Å². The zero-order chi connectivity index (χ0) is 15.9. The summed E-state index contributed by atoms with van der Waals surface area (Å²) >= 11 is 0. The molecule has 0 aliphatic carbocycles. The molecule has 0 heterocycles. The highest BCUT2D eigenvalue weighted by Crippen LogP contribution is 2.44. The lowest BCUT2D eigenvalue weighted by Crippen LogP contribution is -2.45. The number of carboxylic acid groups (broad SMARTS) is 1. The van der Waals surface area contributed by atoms with Gasteiger partial charge in [0.25, 0.3) is 0 Å². The molecule has 5 heteroatoms. The van der Waals surface area contributed by atoms with Crippen LogP contribution in [0.15, 0.2) is 12.2 Å². The average molecular weight is 300 g/mol. The average Bonchev–Trinajstić information content (AvgIpc) is 2.30. The first-order chi connectivity index (χ1) is 9.14. The molecule has 0 atom stereocenters. The van der Waals surface area contributed by atoms with Crippen LogP contribution < -0.4 is 0 Å². The van der Waals surface area contributed by atoms with E-state index in [-0.39, 0.29) is 0 Å². The van der Waals surface area contributed by atoms with Crippen LogP contribution in [0.1, 0.15) is 41.5 Å². The number of rotatable bonds is 8. The summed E-state index contributed by atoms with van der Waals surface area (Å²) in [6.45, 7) is 14.0. The Kier molecular flexibility index (Phi) is 7.79. The maximum atomic E-state index is 11.4. The van der Waals surface area contributed by atoms with Crippen molar-refractivity contribution in [2.45, 2.75) is 64.2 Å². The van der Waals surface area contributed by atoms with Gasteiger partial charge in [-0.05, 0) is 6.04 Å². The Morgan fingerprint density at radius 2 is 1.45 bits per heavy atom. The third-order valence-electron chi connectivity index (χ3n) is 4.37. The van der Waals surface area contributed by atoms with Crippen LogP contribution in [0, 0.1) is 0 Å². The first kappa shape index (κ1) is 18.9. The summed E-state index contributed by atoms with van der Waals surface area (Å²) in [5.74, 6) is -1.72. The lowest BCUT2D eigenvalue weighted by molar-refractivity contribution is -0.138. The van der Waals surface area contributed by atoms with Crippen molar-refractivity contribution in [3.05, 3.63) is 12.2 Å². The Hall–Kier alpha value is -1.10. The van der Waals surface area contributed by atoms with Crippen LogP contribution in [0.3, 0.4) is 0 Å². The smallest absolute Gasteiger partial charge is 0.330 e. The maximum absolute atomic E-state index is 11.4. The van der Waals surface area contributed by atoms with Gasteiger partial charge in [-0.1, -0.05) is 58.2 Å². The van der Waals surface area contributed by atoms with Gasteiger partial charge in [0.15, 0.2) is 0 Å². The molecule has 0 saturated carbocycles. The number of hydrogen-bond donors (Lipinski definition) is 1. The lowest BCUT2D eigenvalue weighted by atomic mass is 10.5. The molecule has 20 heavy (non-hydrogen) atoms. The van der Waals surface area contributed by atoms with Gasteiger partial charge >= 0.3 is 11.9 Å². The first-order valence-electron chi connectivity index (χ1n) is 7.22. The molecule has 4 nitrogen and oxygen atoms in total. The van der Waals surface area contributed by atoms with E-state index < -0.39 is 20.0 Å². The lowest BCUT2D eigenvalue weighted by Gasteiger charge is -2.43. The summed E-state index contributed by atoms with van der Waals surface area (Å²) < 4.78 is 5.14. The molecule has 116 valence electrons. The monoisotopic (exact) mass is 300 g/mol. The van der Waals surface area contributed by atoms with E-state index in [1.807, 2.05) is 0 Å². The largest absolute Gasteiger partial charge is 0.478 e. The van der Waals surface area contributed by atoms with Crippen LogP contribution in [-0.2, 0) is 14.3 Å². The van der Waals surface area contributed by atoms with Crippen LogP contribution in [0.2, 0.25) is 22.7 Å². The van der Waals surface area contributed by atoms with Crippen molar-refractivity contribution in [1.29, 1.82) is 0 Å². The van der Waals surface area contributed by atoms with Crippen molar-refractivity contribution in [2.24, 2.45) is 0 Å². The highest BCUT2D eigenvalue weighted by atomic mass is 28.3. The molecule has 0 aliphatic heterocycles. The second-order valence-corrected chi connectivity index (χ2v) is 12.4. The van der Waals surface area contributed by atoms with E-state index in [1.54, 1.807) is 0 Å². The summed E-state index contributed by atoms with van der Waals surface area (Å²) in [6.07, 6.45) is 1.77. The Morgan fingerprint density at radius 3 is 1.80 bits per heavy atom.